The van der Waals surface area contributed by atoms with Crippen molar-refractivity contribution in [1.29, 1.82) is 0 Å². The smallest absolute Gasteiger partial charge is 0.0829 e. The number of alkyl halides is 2. The van der Waals surface area contributed by atoms with Crippen molar-refractivity contribution in [3.8, 4) is 0 Å². The molecule has 0 aromatic carbocycles. The number of rotatable bonds is 0. The van der Waals surface area contributed by atoms with E-state index in [1.54, 1.807) is 0 Å². The van der Waals surface area contributed by atoms with Crippen LogP contribution in [0.3, 0.4) is 0 Å². The highest BCUT2D eigenvalue weighted by Crippen LogP contribution is 2.34. The van der Waals surface area contributed by atoms with Crippen LogP contribution in [0.2, 0.25) is 0 Å². The van der Waals surface area contributed by atoms with Crippen LogP contribution in [0.15, 0.2) is 0 Å². The highest BCUT2D eigenvalue weighted by Gasteiger charge is 2.24. The standard InChI is InChI=1S/C5H9Br2N/c6-5(7)1-3-8-4-2-5/h8H,1-4H2. The minimum absolute atomic E-state index is 0.241. The Morgan fingerprint density at radius 1 is 1.12 bits per heavy atom. The molecule has 8 heavy (non-hydrogen) atoms. The molecule has 1 aliphatic heterocycles. The van der Waals surface area contributed by atoms with Crippen molar-refractivity contribution in [2.45, 2.75) is 16.1 Å². The van der Waals surface area contributed by atoms with Gasteiger partial charge in [-0.2, -0.15) is 0 Å². The van der Waals surface area contributed by atoms with E-state index >= 15 is 0 Å². The van der Waals surface area contributed by atoms with Gasteiger partial charge in [0.1, 0.15) is 0 Å². The van der Waals surface area contributed by atoms with Gasteiger partial charge in [0.05, 0.1) is 3.23 Å². The highest BCUT2D eigenvalue weighted by molar-refractivity contribution is 9.25. The number of hydrogen-bond acceptors (Lipinski definition) is 1. The third-order valence-corrected chi connectivity index (χ3v) is 2.92. The van der Waals surface area contributed by atoms with E-state index in [9.17, 15) is 0 Å². The molecule has 0 aromatic rings. The molecular formula is C5H9Br2N. The molecule has 1 nitrogen and oxygen atoms in total. The van der Waals surface area contributed by atoms with E-state index in [1.165, 1.54) is 12.8 Å². The van der Waals surface area contributed by atoms with Gasteiger partial charge in [-0.15, -0.1) is 0 Å². The van der Waals surface area contributed by atoms with Crippen LogP contribution in [0.5, 0.6) is 0 Å². The Kier molecular flexibility index (Phi) is 2.35. The van der Waals surface area contributed by atoms with Crippen LogP contribution in [-0.2, 0) is 0 Å². The predicted octanol–water partition coefficient (Wildman–Crippen LogP) is 1.86. The van der Waals surface area contributed by atoms with Gasteiger partial charge in [0.15, 0.2) is 0 Å². The summed E-state index contributed by atoms with van der Waals surface area (Å²) < 4.78 is 0.241. The first-order valence-corrected chi connectivity index (χ1v) is 4.38. The van der Waals surface area contributed by atoms with E-state index in [0.29, 0.717) is 0 Å². The molecule has 0 spiro atoms. The Morgan fingerprint density at radius 3 is 1.88 bits per heavy atom. The minimum Gasteiger partial charge on any atom is -0.317 e. The van der Waals surface area contributed by atoms with Crippen molar-refractivity contribution in [3.63, 3.8) is 0 Å². The molecule has 1 heterocycles. The van der Waals surface area contributed by atoms with E-state index in [4.69, 9.17) is 0 Å². The SMILES string of the molecule is BrC1(Br)CCNCC1. The molecule has 0 aromatic heterocycles. The lowest BCUT2D eigenvalue weighted by atomic mass is 10.2. The Morgan fingerprint density at radius 2 is 1.62 bits per heavy atom. The second kappa shape index (κ2) is 2.67. The summed E-state index contributed by atoms with van der Waals surface area (Å²) in [6.45, 7) is 2.24. The van der Waals surface area contributed by atoms with Crippen molar-refractivity contribution in [2.75, 3.05) is 13.1 Å². The molecule has 0 radical (unpaired) electrons. The maximum atomic E-state index is 3.57. The van der Waals surface area contributed by atoms with E-state index in [0.717, 1.165) is 13.1 Å². The van der Waals surface area contributed by atoms with Crippen LogP contribution in [0.1, 0.15) is 12.8 Å². The molecule has 0 aliphatic carbocycles. The summed E-state index contributed by atoms with van der Waals surface area (Å²) in [5.41, 5.74) is 0. The summed E-state index contributed by atoms with van der Waals surface area (Å²) in [5.74, 6) is 0. The molecule has 3 heteroatoms. The predicted molar refractivity (Wildman–Crippen MR) is 42.7 cm³/mol. The maximum absolute atomic E-state index is 3.57. The summed E-state index contributed by atoms with van der Waals surface area (Å²) in [6.07, 6.45) is 2.35. The Hall–Kier alpha value is 0.920. The van der Waals surface area contributed by atoms with Crippen molar-refractivity contribution in [2.24, 2.45) is 0 Å². The van der Waals surface area contributed by atoms with Gasteiger partial charge in [-0.1, -0.05) is 31.9 Å². The lowest BCUT2D eigenvalue weighted by Crippen LogP contribution is -2.33. The number of piperidine rings is 1. The van der Waals surface area contributed by atoms with Crippen LogP contribution in [-0.4, -0.2) is 16.3 Å². The summed E-state index contributed by atoms with van der Waals surface area (Å²) in [5, 5.41) is 3.28. The van der Waals surface area contributed by atoms with Gasteiger partial charge in [0.25, 0.3) is 0 Å². The van der Waals surface area contributed by atoms with Crippen LogP contribution in [0, 0.1) is 0 Å². The first-order valence-electron chi connectivity index (χ1n) is 2.79. The number of halogens is 2. The van der Waals surface area contributed by atoms with E-state index in [-0.39, 0.29) is 3.23 Å². The average Bonchev–Trinajstić information content (AvgIpc) is 1.65. The average molecular weight is 243 g/mol. The topological polar surface area (TPSA) is 12.0 Å². The first-order chi connectivity index (χ1) is 3.71. The summed E-state index contributed by atoms with van der Waals surface area (Å²) in [7, 11) is 0. The van der Waals surface area contributed by atoms with Crippen molar-refractivity contribution in [1.82, 2.24) is 5.32 Å². The van der Waals surface area contributed by atoms with Gasteiger partial charge in [-0.25, -0.2) is 0 Å². The molecule has 1 saturated heterocycles. The minimum atomic E-state index is 0.241. The molecular weight excluding hydrogens is 234 g/mol. The number of hydrogen-bond donors (Lipinski definition) is 1. The fraction of sp³-hybridized carbons (Fsp3) is 1.00. The van der Waals surface area contributed by atoms with Crippen LogP contribution in [0.4, 0.5) is 0 Å². The van der Waals surface area contributed by atoms with Crippen molar-refractivity contribution < 1.29 is 0 Å². The maximum Gasteiger partial charge on any atom is 0.0829 e. The second-order valence-electron chi connectivity index (χ2n) is 2.11. The summed E-state index contributed by atoms with van der Waals surface area (Å²) >= 11 is 7.14. The zero-order chi connectivity index (χ0) is 6.04. The lowest BCUT2D eigenvalue weighted by molar-refractivity contribution is 0.519. The highest BCUT2D eigenvalue weighted by atomic mass is 79.9. The molecule has 1 N–H and O–H groups in total. The molecule has 1 rings (SSSR count). The van der Waals surface area contributed by atoms with Gasteiger partial charge < -0.3 is 5.32 Å². The van der Waals surface area contributed by atoms with E-state index in [1.807, 2.05) is 0 Å². The van der Waals surface area contributed by atoms with Crippen molar-refractivity contribution in [3.05, 3.63) is 0 Å². The molecule has 1 fully saturated rings. The monoisotopic (exact) mass is 241 g/mol. The van der Waals surface area contributed by atoms with Gasteiger partial charge in [0.2, 0.25) is 0 Å². The molecule has 0 saturated carbocycles. The van der Waals surface area contributed by atoms with Gasteiger partial charge in [-0.05, 0) is 25.9 Å². The summed E-state index contributed by atoms with van der Waals surface area (Å²) in [4.78, 5) is 0. The normalized spacial score (nSPS) is 27.8. The third-order valence-electron chi connectivity index (χ3n) is 1.34. The molecule has 0 atom stereocenters. The Labute approximate surface area is 66.5 Å². The van der Waals surface area contributed by atoms with Crippen LogP contribution < -0.4 is 5.32 Å². The largest absolute Gasteiger partial charge is 0.317 e. The van der Waals surface area contributed by atoms with E-state index in [2.05, 4.69) is 37.2 Å². The molecule has 0 unspecified atom stereocenters. The molecule has 0 bridgehead atoms. The third kappa shape index (κ3) is 2.03. The fourth-order valence-electron chi connectivity index (χ4n) is 0.793. The Bertz CT molecular complexity index is 74.5. The molecule has 0 amide bonds. The fourth-order valence-corrected chi connectivity index (χ4v) is 1.59. The number of nitrogens with one attached hydrogen (secondary N) is 1. The quantitative estimate of drug-likeness (QED) is 0.640. The van der Waals surface area contributed by atoms with Crippen LogP contribution in [0.25, 0.3) is 0 Å². The first kappa shape index (κ1) is 7.03. The zero-order valence-electron chi connectivity index (χ0n) is 4.58. The lowest BCUT2D eigenvalue weighted by Gasteiger charge is -2.25. The van der Waals surface area contributed by atoms with Gasteiger partial charge >= 0.3 is 0 Å². The van der Waals surface area contributed by atoms with E-state index < -0.39 is 0 Å². The van der Waals surface area contributed by atoms with Gasteiger partial charge in [0, 0.05) is 0 Å². The second-order valence-corrected chi connectivity index (χ2v) is 6.21. The Balaban J connectivity index is 2.33. The van der Waals surface area contributed by atoms with Crippen LogP contribution >= 0.6 is 31.9 Å². The summed E-state index contributed by atoms with van der Waals surface area (Å²) in [6, 6.07) is 0. The molecule has 48 valence electrons. The molecule has 1 aliphatic rings. The zero-order valence-corrected chi connectivity index (χ0v) is 7.76. The van der Waals surface area contributed by atoms with Gasteiger partial charge in [-0.3, -0.25) is 0 Å². The van der Waals surface area contributed by atoms with Crippen molar-refractivity contribution >= 4 is 31.9 Å².